The maximum atomic E-state index is 13.1. The zero-order chi connectivity index (χ0) is 43.2. The van der Waals surface area contributed by atoms with E-state index in [9.17, 15) is 35.9 Å². The largest absolute Gasteiger partial charge is 0.433 e. The van der Waals surface area contributed by atoms with E-state index in [0.717, 1.165) is 103 Å². The normalized spacial score (nSPS) is 20.0. The summed E-state index contributed by atoms with van der Waals surface area (Å²) in [5, 5.41) is 0. The summed E-state index contributed by atoms with van der Waals surface area (Å²) < 4.78 is 78.7. The van der Waals surface area contributed by atoms with Crippen molar-refractivity contribution in [3.8, 4) is 0 Å². The minimum Gasteiger partial charge on any atom is -0.301 e. The molecule has 10 nitrogen and oxygen atoms in total. The maximum absolute atomic E-state index is 13.1. The van der Waals surface area contributed by atoms with Crippen LogP contribution < -0.4 is 9.80 Å². The van der Waals surface area contributed by atoms with Gasteiger partial charge >= 0.3 is 12.4 Å². The fourth-order valence-corrected chi connectivity index (χ4v) is 8.27. The maximum Gasteiger partial charge on any atom is 0.433 e. The van der Waals surface area contributed by atoms with E-state index in [1.807, 2.05) is 0 Å². The Labute approximate surface area is 346 Å². The molecule has 0 atom stereocenters. The Morgan fingerprint density at radius 1 is 0.627 bits per heavy atom. The summed E-state index contributed by atoms with van der Waals surface area (Å²) in [4.78, 5) is 45.5. The molecular weight excluding hydrogens is 775 g/mol. The lowest BCUT2D eigenvalue weighted by Gasteiger charge is -2.41. The minimum atomic E-state index is -4.53. The number of hydrogen-bond acceptors (Lipinski definition) is 8. The molecular formula is C43H64F6N8O2. The molecule has 4 aliphatic rings. The Morgan fingerprint density at radius 2 is 1.02 bits per heavy atom. The number of piperazine rings is 2. The number of alkyl halides is 6. The van der Waals surface area contributed by atoms with Crippen molar-refractivity contribution in [2.24, 2.45) is 11.8 Å². The van der Waals surface area contributed by atoms with E-state index in [-0.39, 0.29) is 47.4 Å². The Morgan fingerprint density at radius 3 is 1.34 bits per heavy atom. The van der Waals surface area contributed by atoms with Crippen molar-refractivity contribution in [3.63, 3.8) is 0 Å². The average molecular weight is 839 g/mol. The van der Waals surface area contributed by atoms with Crippen LogP contribution in [0.25, 0.3) is 0 Å². The van der Waals surface area contributed by atoms with E-state index in [1.54, 1.807) is 13.8 Å². The van der Waals surface area contributed by atoms with Crippen molar-refractivity contribution in [1.29, 1.82) is 0 Å². The predicted octanol–water partition coefficient (Wildman–Crippen LogP) is 7.69. The number of hydrogen-bond donors (Lipinski definition) is 0. The zero-order valence-electron chi connectivity index (χ0n) is 35.7. The summed E-state index contributed by atoms with van der Waals surface area (Å²) in [6, 6.07) is 7.54. The highest BCUT2D eigenvalue weighted by atomic mass is 19.4. The van der Waals surface area contributed by atoms with Gasteiger partial charge in [0.05, 0.1) is 0 Å². The van der Waals surface area contributed by atoms with Crippen LogP contribution in [0.1, 0.15) is 97.9 Å². The Hall–Kier alpha value is -3.34. The fourth-order valence-electron chi connectivity index (χ4n) is 8.27. The molecule has 2 aliphatic carbocycles. The SMILES string of the molecule is CCC(=O)N(CC1(N2CCN(CC(C)C)CC2)CC1)c1cccc(C(F)(F)F)n1.CCC(=O)N(CC1(N2CCN(CCC(C)C)CC2)CC1)c1cccc(C(F)(F)F)n1. The number of carbonyl (C=O) groups is 2. The number of carbonyl (C=O) groups excluding carboxylic acids is 2. The predicted molar refractivity (Wildman–Crippen MR) is 218 cm³/mol. The van der Waals surface area contributed by atoms with E-state index in [1.165, 1.54) is 40.5 Å². The first-order chi connectivity index (χ1) is 27.8. The molecule has 2 aromatic heterocycles. The summed E-state index contributed by atoms with van der Waals surface area (Å²) in [6.45, 7) is 23.0. The molecule has 2 amide bonds. The summed E-state index contributed by atoms with van der Waals surface area (Å²) in [6.07, 6.45) is -3.55. The topological polar surface area (TPSA) is 79.4 Å². The van der Waals surface area contributed by atoms with Gasteiger partial charge in [-0.15, -0.1) is 0 Å². The molecule has 2 aromatic rings. The van der Waals surface area contributed by atoms with Crippen LogP contribution in [0.3, 0.4) is 0 Å². The van der Waals surface area contributed by atoms with Crippen molar-refractivity contribution in [2.45, 2.75) is 110 Å². The van der Waals surface area contributed by atoms with Gasteiger partial charge in [-0.25, -0.2) is 9.97 Å². The number of pyridine rings is 2. The molecule has 0 radical (unpaired) electrons. The minimum absolute atomic E-state index is 0.0939. The van der Waals surface area contributed by atoms with Gasteiger partial charge in [-0.2, -0.15) is 26.3 Å². The van der Waals surface area contributed by atoms with Crippen LogP contribution >= 0.6 is 0 Å². The molecule has 0 bridgehead atoms. The quantitative estimate of drug-likeness (QED) is 0.169. The van der Waals surface area contributed by atoms with Crippen LogP contribution in [0.2, 0.25) is 0 Å². The number of amides is 2. The van der Waals surface area contributed by atoms with E-state index in [0.29, 0.717) is 24.9 Å². The molecule has 4 heterocycles. The second-order valence-corrected chi connectivity index (χ2v) is 17.6. The molecule has 6 rings (SSSR count). The zero-order valence-corrected chi connectivity index (χ0v) is 35.7. The van der Waals surface area contributed by atoms with Crippen LogP contribution in [0, 0.1) is 11.8 Å². The summed E-state index contributed by atoms with van der Waals surface area (Å²) in [7, 11) is 0. The Balaban J connectivity index is 0.000000224. The van der Waals surface area contributed by atoms with E-state index >= 15 is 0 Å². The van der Waals surface area contributed by atoms with Gasteiger partial charge in [-0.1, -0.05) is 53.7 Å². The number of halogens is 6. The van der Waals surface area contributed by atoms with Gasteiger partial charge in [0.25, 0.3) is 0 Å². The number of aromatic nitrogens is 2. The molecule has 4 fully saturated rings. The standard InChI is InChI=1S/C22H33F3N4O.C21H31F3N4O/c1-4-20(30)29(19-7-5-6-18(26-19)22(23,24)25)16-21(9-10-21)28-14-12-27(13-15-28)11-8-17(2)3;1-4-19(29)28(18-7-5-6-17(25-18)21(22,23)24)15-20(8-9-20)27-12-10-26(11-13-27)14-16(2)3/h5-7,17H,4,8-16H2,1-3H3;5-7,16H,4,8-15H2,1-3H3. The first kappa shape index (κ1) is 46.7. The molecule has 0 unspecified atom stereocenters. The number of rotatable bonds is 15. The Bertz CT molecular complexity index is 1680. The lowest BCUT2D eigenvalue weighted by atomic mass is 10.1. The van der Waals surface area contributed by atoms with Crippen molar-refractivity contribution >= 4 is 23.5 Å². The molecule has 2 aliphatic heterocycles. The third-order valence-corrected chi connectivity index (χ3v) is 12.1. The molecule has 0 N–H and O–H groups in total. The van der Waals surface area contributed by atoms with Gasteiger partial charge in [0.15, 0.2) is 0 Å². The van der Waals surface area contributed by atoms with Gasteiger partial charge in [0.2, 0.25) is 11.8 Å². The van der Waals surface area contributed by atoms with Crippen LogP contribution in [0.5, 0.6) is 0 Å². The van der Waals surface area contributed by atoms with Crippen molar-refractivity contribution in [1.82, 2.24) is 29.6 Å². The summed E-state index contributed by atoms with van der Waals surface area (Å²) >= 11 is 0. The second-order valence-electron chi connectivity index (χ2n) is 17.6. The Kier molecular flexibility index (Phi) is 15.5. The van der Waals surface area contributed by atoms with Crippen molar-refractivity contribution < 1.29 is 35.9 Å². The second kappa shape index (κ2) is 19.6. The van der Waals surface area contributed by atoms with Gasteiger partial charge in [-0.3, -0.25) is 29.2 Å². The third kappa shape index (κ3) is 12.6. The lowest BCUT2D eigenvalue weighted by molar-refractivity contribution is -0.141. The molecule has 0 aromatic carbocycles. The first-order valence-corrected chi connectivity index (χ1v) is 21.4. The van der Waals surface area contributed by atoms with Crippen molar-refractivity contribution in [2.75, 3.05) is 88.3 Å². The van der Waals surface area contributed by atoms with Gasteiger partial charge in [-0.05, 0) is 74.8 Å². The highest BCUT2D eigenvalue weighted by molar-refractivity contribution is 5.93. The number of nitrogens with zero attached hydrogens (tertiary/aromatic N) is 8. The molecule has 2 saturated carbocycles. The highest BCUT2D eigenvalue weighted by Crippen LogP contribution is 2.45. The monoisotopic (exact) mass is 839 g/mol. The molecule has 59 heavy (non-hydrogen) atoms. The molecule has 2 saturated heterocycles. The van der Waals surface area contributed by atoms with Crippen LogP contribution in [-0.2, 0) is 21.9 Å². The third-order valence-electron chi connectivity index (χ3n) is 12.1. The van der Waals surface area contributed by atoms with Crippen molar-refractivity contribution in [3.05, 3.63) is 47.8 Å². The van der Waals surface area contributed by atoms with E-state index in [4.69, 9.17) is 0 Å². The summed E-state index contributed by atoms with van der Waals surface area (Å²) in [5.41, 5.74) is -2.19. The number of anilines is 2. The van der Waals surface area contributed by atoms with E-state index < -0.39 is 23.7 Å². The average Bonchev–Trinajstić information content (AvgIpc) is 4.15. The summed E-state index contributed by atoms with van der Waals surface area (Å²) in [5.74, 6) is 1.12. The highest BCUT2D eigenvalue weighted by Gasteiger charge is 2.52. The fraction of sp³-hybridized carbons (Fsp3) is 0.721. The molecule has 16 heteroatoms. The molecule has 330 valence electrons. The van der Waals surface area contributed by atoms with Gasteiger partial charge in [0, 0.05) is 95.9 Å². The van der Waals surface area contributed by atoms with Gasteiger partial charge in [0.1, 0.15) is 23.0 Å². The smallest absolute Gasteiger partial charge is 0.301 e. The molecule has 0 spiro atoms. The van der Waals surface area contributed by atoms with Crippen LogP contribution in [0.4, 0.5) is 38.0 Å². The van der Waals surface area contributed by atoms with Crippen LogP contribution in [0.15, 0.2) is 36.4 Å². The first-order valence-electron chi connectivity index (χ1n) is 21.4. The lowest BCUT2D eigenvalue weighted by Crippen LogP contribution is -2.56. The van der Waals surface area contributed by atoms with Crippen LogP contribution in [-0.4, -0.2) is 131 Å². The van der Waals surface area contributed by atoms with E-state index in [2.05, 4.69) is 57.3 Å². The van der Waals surface area contributed by atoms with Gasteiger partial charge < -0.3 is 9.80 Å².